The monoisotopic (exact) mass is 501 g/mol. The van der Waals surface area contributed by atoms with Gasteiger partial charge in [0.15, 0.2) is 17.3 Å². The van der Waals surface area contributed by atoms with Gasteiger partial charge in [0.2, 0.25) is 0 Å². The van der Waals surface area contributed by atoms with Gasteiger partial charge in [-0.05, 0) is 71.5 Å². The number of rotatable bonds is 8. The summed E-state index contributed by atoms with van der Waals surface area (Å²) < 4.78 is 12.0. The van der Waals surface area contributed by atoms with Crippen molar-refractivity contribution in [2.75, 3.05) is 19.5 Å². The van der Waals surface area contributed by atoms with E-state index in [0.29, 0.717) is 23.5 Å². The van der Waals surface area contributed by atoms with Crippen molar-refractivity contribution in [3.63, 3.8) is 0 Å². The molecule has 3 rings (SSSR count). The highest BCUT2D eigenvalue weighted by Gasteiger charge is 2.19. The highest BCUT2D eigenvalue weighted by molar-refractivity contribution is 14.1. The average Bonchev–Trinajstić information content (AvgIpc) is 2.74. The van der Waals surface area contributed by atoms with Gasteiger partial charge in [0.05, 0.1) is 20.3 Å². The van der Waals surface area contributed by atoms with Crippen LogP contribution in [0.3, 0.4) is 0 Å². The van der Waals surface area contributed by atoms with Gasteiger partial charge < -0.3 is 14.8 Å². The zero-order valence-corrected chi connectivity index (χ0v) is 18.9. The molecule has 0 aromatic heterocycles. The summed E-state index contributed by atoms with van der Waals surface area (Å²) in [6, 6.07) is 21.4. The second kappa shape index (κ2) is 9.78. The van der Waals surface area contributed by atoms with Crippen LogP contribution in [0.1, 0.15) is 33.9 Å². The molecule has 3 aromatic rings. The van der Waals surface area contributed by atoms with Crippen molar-refractivity contribution in [2.45, 2.75) is 19.4 Å². The minimum atomic E-state index is -0.205. The average molecular weight is 501 g/mol. The first-order chi connectivity index (χ1) is 14.0. The van der Waals surface area contributed by atoms with E-state index >= 15 is 0 Å². The maximum atomic E-state index is 13.0. The number of carbonyl (C=O) groups is 1. The summed E-state index contributed by atoms with van der Waals surface area (Å²) in [7, 11) is 3.22. The molecule has 4 nitrogen and oxygen atoms in total. The number of carbonyl (C=O) groups excluding carboxylic acids is 1. The molecule has 0 aliphatic heterocycles. The van der Waals surface area contributed by atoms with E-state index in [1.165, 1.54) is 0 Å². The van der Waals surface area contributed by atoms with Crippen LogP contribution in [0, 0.1) is 10.5 Å². The lowest BCUT2D eigenvalue weighted by atomic mass is 9.96. The van der Waals surface area contributed by atoms with Gasteiger partial charge in [0.25, 0.3) is 0 Å². The van der Waals surface area contributed by atoms with Gasteiger partial charge >= 0.3 is 0 Å². The molecule has 150 valence electrons. The Bertz CT molecular complexity index is 968. The Morgan fingerprint density at radius 1 is 0.931 bits per heavy atom. The first-order valence-electron chi connectivity index (χ1n) is 9.34. The van der Waals surface area contributed by atoms with Crippen LogP contribution in [-0.4, -0.2) is 20.0 Å². The molecule has 0 heterocycles. The van der Waals surface area contributed by atoms with E-state index in [4.69, 9.17) is 9.47 Å². The van der Waals surface area contributed by atoms with Gasteiger partial charge in [-0.15, -0.1) is 0 Å². The van der Waals surface area contributed by atoms with Gasteiger partial charge in [-0.2, -0.15) is 0 Å². The fraction of sp³-hybridized carbons (Fsp3) is 0.208. The maximum Gasteiger partial charge on any atom is 0.165 e. The molecule has 0 aliphatic carbocycles. The number of benzene rings is 3. The number of aryl methyl sites for hydroxylation is 1. The second-order valence-electron chi connectivity index (χ2n) is 6.81. The highest BCUT2D eigenvalue weighted by atomic mass is 127. The standard InChI is InChI=1S/C24H24INO3/c1-16-4-6-17(7-5-16)22(27)15-21(26-20-11-9-19(25)10-12-20)18-8-13-23(28-2)24(14-18)29-3/h4-14,21,26H,15H2,1-3H3. The quantitative estimate of drug-likeness (QED) is 0.302. The molecule has 0 fully saturated rings. The largest absolute Gasteiger partial charge is 0.493 e. The van der Waals surface area contributed by atoms with Crippen molar-refractivity contribution in [1.82, 2.24) is 0 Å². The molecule has 0 spiro atoms. The molecule has 0 aliphatic rings. The molecule has 0 amide bonds. The SMILES string of the molecule is COc1ccc(C(CC(=O)c2ccc(C)cc2)Nc2ccc(I)cc2)cc1OC. The van der Waals surface area contributed by atoms with Gasteiger partial charge in [0, 0.05) is 21.2 Å². The van der Waals surface area contributed by atoms with Crippen LogP contribution in [0.2, 0.25) is 0 Å². The number of halogens is 1. The van der Waals surface area contributed by atoms with Gasteiger partial charge in [-0.25, -0.2) is 0 Å². The van der Waals surface area contributed by atoms with Crippen LogP contribution in [-0.2, 0) is 0 Å². The fourth-order valence-electron chi connectivity index (χ4n) is 3.11. The molecule has 0 radical (unpaired) electrons. The Morgan fingerprint density at radius 3 is 2.21 bits per heavy atom. The van der Waals surface area contributed by atoms with Gasteiger partial charge in [0.1, 0.15) is 0 Å². The molecule has 1 atom stereocenters. The van der Waals surface area contributed by atoms with E-state index in [0.717, 1.165) is 20.4 Å². The third-order valence-corrected chi connectivity index (χ3v) is 5.48. The van der Waals surface area contributed by atoms with Crippen LogP contribution in [0.4, 0.5) is 5.69 Å². The van der Waals surface area contributed by atoms with Crippen LogP contribution in [0.5, 0.6) is 11.5 Å². The lowest BCUT2D eigenvalue weighted by molar-refractivity contribution is 0.0976. The van der Waals surface area contributed by atoms with Crippen molar-refractivity contribution in [1.29, 1.82) is 0 Å². The third-order valence-electron chi connectivity index (χ3n) is 4.76. The summed E-state index contributed by atoms with van der Waals surface area (Å²) in [4.78, 5) is 13.0. The summed E-state index contributed by atoms with van der Waals surface area (Å²) in [6.07, 6.45) is 0.324. The zero-order valence-electron chi connectivity index (χ0n) is 16.7. The van der Waals surface area contributed by atoms with Gasteiger partial charge in [-0.1, -0.05) is 35.9 Å². The van der Waals surface area contributed by atoms with E-state index in [-0.39, 0.29) is 11.8 Å². The molecule has 3 aromatic carbocycles. The summed E-state index contributed by atoms with van der Waals surface area (Å²) in [5, 5.41) is 3.50. The van der Waals surface area contributed by atoms with E-state index in [2.05, 4.69) is 27.9 Å². The molecule has 1 N–H and O–H groups in total. The Balaban J connectivity index is 1.91. The topological polar surface area (TPSA) is 47.6 Å². The van der Waals surface area contributed by atoms with E-state index in [1.807, 2.05) is 73.7 Å². The summed E-state index contributed by atoms with van der Waals surface area (Å²) >= 11 is 2.28. The van der Waals surface area contributed by atoms with E-state index < -0.39 is 0 Å². The fourth-order valence-corrected chi connectivity index (χ4v) is 3.47. The summed E-state index contributed by atoms with van der Waals surface area (Å²) in [6.45, 7) is 2.01. The van der Waals surface area contributed by atoms with E-state index in [1.54, 1.807) is 14.2 Å². The maximum absolute atomic E-state index is 13.0. The second-order valence-corrected chi connectivity index (χ2v) is 8.06. The number of methoxy groups -OCH3 is 2. The Kier molecular flexibility index (Phi) is 7.14. The van der Waals surface area contributed by atoms with Crippen LogP contribution >= 0.6 is 22.6 Å². The molecule has 0 saturated carbocycles. The molecule has 29 heavy (non-hydrogen) atoms. The lowest BCUT2D eigenvalue weighted by Gasteiger charge is -2.21. The van der Waals surface area contributed by atoms with Crippen LogP contribution in [0.25, 0.3) is 0 Å². The Labute approximate surface area is 185 Å². The highest BCUT2D eigenvalue weighted by Crippen LogP contribution is 2.33. The molecule has 0 bridgehead atoms. The number of hydrogen-bond acceptors (Lipinski definition) is 4. The number of nitrogens with one attached hydrogen (secondary N) is 1. The van der Waals surface area contributed by atoms with E-state index in [9.17, 15) is 4.79 Å². The number of ether oxygens (including phenoxy) is 2. The molecule has 5 heteroatoms. The smallest absolute Gasteiger partial charge is 0.165 e. The molecule has 0 saturated heterocycles. The summed E-state index contributed by atoms with van der Waals surface area (Å²) in [5.41, 5.74) is 3.77. The Morgan fingerprint density at radius 2 is 1.59 bits per heavy atom. The number of Topliss-reactive ketones (excluding diaryl/α,β-unsaturated/α-hetero) is 1. The minimum absolute atomic E-state index is 0.0859. The molecular weight excluding hydrogens is 477 g/mol. The number of hydrogen-bond donors (Lipinski definition) is 1. The van der Waals surface area contributed by atoms with Crippen molar-refractivity contribution >= 4 is 34.1 Å². The van der Waals surface area contributed by atoms with Crippen molar-refractivity contribution in [3.8, 4) is 11.5 Å². The zero-order chi connectivity index (χ0) is 20.8. The number of anilines is 1. The first-order valence-corrected chi connectivity index (χ1v) is 10.4. The van der Waals surface area contributed by atoms with Crippen LogP contribution in [0.15, 0.2) is 66.7 Å². The van der Waals surface area contributed by atoms with Crippen molar-refractivity contribution in [2.24, 2.45) is 0 Å². The predicted octanol–water partition coefficient (Wildman–Crippen LogP) is 6.04. The molecular formula is C24H24INO3. The van der Waals surface area contributed by atoms with Crippen molar-refractivity contribution in [3.05, 3.63) is 87.0 Å². The molecule has 1 unspecified atom stereocenters. The normalized spacial score (nSPS) is 11.6. The number of ketones is 1. The predicted molar refractivity (Wildman–Crippen MR) is 125 cm³/mol. The minimum Gasteiger partial charge on any atom is -0.493 e. The van der Waals surface area contributed by atoms with Crippen LogP contribution < -0.4 is 14.8 Å². The lowest BCUT2D eigenvalue weighted by Crippen LogP contribution is -2.16. The Hall–Kier alpha value is -2.54. The third kappa shape index (κ3) is 5.50. The summed E-state index contributed by atoms with van der Waals surface area (Å²) in [5.74, 6) is 1.39. The first kappa shape index (κ1) is 21.2. The van der Waals surface area contributed by atoms with Crippen molar-refractivity contribution < 1.29 is 14.3 Å². The van der Waals surface area contributed by atoms with Gasteiger partial charge in [-0.3, -0.25) is 4.79 Å².